The average Bonchev–Trinajstić information content (AvgIpc) is 3.33. The highest BCUT2D eigenvalue weighted by molar-refractivity contribution is 7.22. The van der Waals surface area contributed by atoms with E-state index in [9.17, 15) is 4.79 Å². The number of carbonyl (C=O) groups is 1. The first-order valence-electron chi connectivity index (χ1n) is 8.92. The SMILES string of the molecule is COc1cccc(OC)c1C(=O)N1CC[C@@H](Nc2nc3cc(Cl)ccc3s2)C1. The lowest BCUT2D eigenvalue weighted by Gasteiger charge is -2.20. The molecule has 1 fully saturated rings. The summed E-state index contributed by atoms with van der Waals surface area (Å²) in [6.07, 6.45) is 0.847. The number of hydrogen-bond donors (Lipinski definition) is 1. The van der Waals surface area contributed by atoms with Gasteiger partial charge in [0, 0.05) is 24.2 Å². The smallest absolute Gasteiger partial charge is 0.261 e. The molecule has 0 spiro atoms. The molecule has 3 aromatic rings. The first-order valence-corrected chi connectivity index (χ1v) is 10.1. The Morgan fingerprint density at radius 1 is 1.25 bits per heavy atom. The molecule has 1 amide bonds. The van der Waals surface area contributed by atoms with Crippen molar-refractivity contribution in [2.24, 2.45) is 0 Å². The summed E-state index contributed by atoms with van der Waals surface area (Å²) in [6.45, 7) is 1.26. The van der Waals surface area contributed by atoms with Crippen LogP contribution in [0, 0.1) is 0 Å². The third-order valence-electron chi connectivity index (χ3n) is 4.79. The summed E-state index contributed by atoms with van der Waals surface area (Å²) in [5.74, 6) is 0.947. The van der Waals surface area contributed by atoms with Gasteiger partial charge in [-0.2, -0.15) is 0 Å². The summed E-state index contributed by atoms with van der Waals surface area (Å²) >= 11 is 7.63. The molecule has 1 aliphatic heterocycles. The van der Waals surface area contributed by atoms with Gasteiger partial charge in [0.25, 0.3) is 5.91 Å². The molecule has 4 rings (SSSR count). The van der Waals surface area contributed by atoms with Crippen molar-refractivity contribution in [2.75, 3.05) is 32.6 Å². The number of carbonyl (C=O) groups excluding carboxylic acids is 1. The van der Waals surface area contributed by atoms with Crippen molar-refractivity contribution in [3.8, 4) is 11.5 Å². The van der Waals surface area contributed by atoms with Crippen LogP contribution in [0.25, 0.3) is 10.2 Å². The molecule has 28 heavy (non-hydrogen) atoms. The molecule has 2 heterocycles. The fraction of sp³-hybridized carbons (Fsp3) is 0.300. The number of anilines is 1. The maximum atomic E-state index is 13.1. The van der Waals surface area contributed by atoms with Gasteiger partial charge in [0.2, 0.25) is 0 Å². The number of thiazole rings is 1. The van der Waals surface area contributed by atoms with Gasteiger partial charge in [0.15, 0.2) is 5.13 Å². The number of ether oxygens (including phenoxy) is 2. The fourth-order valence-electron chi connectivity index (χ4n) is 3.42. The van der Waals surface area contributed by atoms with Crippen LogP contribution in [0.3, 0.4) is 0 Å². The molecule has 146 valence electrons. The third kappa shape index (κ3) is 3.59. The molecule has 1 atom stereocenters. The number of amides is 1. The molecular weight excluding hydrogens is 398 g/mol. The number of rotatable bonds is 5. The van der Waals surface area contributed by atoms with E-state index in [-0.39, 0.29) is 11.9 Å². The van der Waals surface area contributed by atoms with E-state index in [1.807, 2.05) is 29.2 Å². The van der Waals surface area contributed by atoms with Crippen LogP contribution in [0.5, 0.6) is 11.5 Å². The van der Waals surface area contributed by atoms with Gasteiger partial charge < -0.3 is 19.7 Å². The zero-order chi connectivity index (χ0) is 19.7. The zero-order valence-electron chi connectivity index (χ0n) is 15.6. The molecule has 8 heteroatoms. The van der Waals surface area contributed by atoms with Gasteiger partial charge in [-0.3, -0.25) is 4.79 Å². The first kappa shape index (κ1) is 18.8. The Morgan fingerprint density at radius 3 is 2.71 bits per heavy atom. The predicted molar refractivity (Wildman–Crippen MR) is 112 cm³/mol. The van der Waals surface area contributed by atoms with Gasteiger partial charge in [-0.1, -0.05) is 29.0 Å². The Kier molecular flexibility index (Phi) is 5.28. The Labute approximate surface area is 172 Å². The van der Waals surface area contributed by atoms with Crippen molar-refractivity contribution in [1.82, 2.24) is 9.88 Å². The Hall–Kier alpha value is -2.51. The molecule has 0 saturated carbocycles. The molecule has 0 radical (unpaired) electrons. The number of nitrogens with zero attached hydrogens (tertiary/aromatic N) is 2. The van der Waals surface area contributed by atoms with Gasteiger partial charge in [0.1, 0.15) is 17.1 Å². The quantitative estimate of drug-likeness (QED) is 0.670. The highest BCUT2D eigenvalue weighted by atomic mass is 35.5. The van der Waals surface area contributed by atoms with Crippen molar-refractivity contribution in [1.29, 1.82) is 0 Å². The Bertz CT molecular complexity index is 1000. The highest BCUT2D eigenvalue weighted by Crippen LogP contribution is 2.32. The second-order valence-corrected chi connectivity index (χ2v) is 8.02. The fourth-order valence-corrected chi connectivity index (χ4v) is 4.51. The van der Waals surface area contributed by atoms with Crippen LogP contribution in [0.2, 0.25) is 5.02 Å². The van der Waals surface area contributed by atoms with Gasteiger partial charge in [0.05, 0.1) is 24.4 Å². The Balaban J connectivity index is 1.48. The number of likely N-dealkylation sites (tertiary alicyclic amines) is 1. The number of nitrogens with one attached hydrogen (secondary N) is 1. The van der Waals surface area contributed by atoms with E-state index < -0.39 is 0 Å². The molecule has 1 aromatic heterocycles. The molecule has 1 saturated heterocycles. The number of hydrogen-bond acceptors (Lipinski definition) is 6. The van der Waals surface area contributed by atoms with Gasteiger partial charge in [-0.05, 0) is 36.8 Å². The predicted octanol–water partition coefficient (Wildman–Crippen LogP) is 4.29. The standard InChI is InChI=1S/C20H20ClN3O3S/c1-26-15-4-3-5-16(27-2)18(15)19(25)24-9-8-13(11-24)22-20-23-14-10-12(21)6-7-17(14)28-20/h3-7,10,13H,8-9,11H2,1-2H3,(H,22,23)/t13-/m1/s1. The molecule has 1 N–H and O–H groups in total. The summed E-state index contributed by atoms with van der Waals surface area (Å²) in [4.78, 5) is 19.5. The summed E-state index contributed by atoms with van der Waals surface area (Å²) < 4.78 is 11.8. The topological polar surface area (TPSA) is 63.7 Å². The molecular formula is C20H20ClN3O3S. The van der Waals surface area contributed by atoms with Crippen LogP contribution in [0.1, 0.15) is 16.8 Å². The molecule has 0 unspecified atom stereocenters. The molecule has 0 bridgehead atoms. The number of fused-ring (bicyclic) bond motifs is 1. The minimum absolute atomic E-state index is 0.0883. The minimum Gasteiger partial charge on any atom is -0.496 e. The summed E-state index contributed by atoms with van der Waals surface area (Å²) in [5, 5.41) is 4.96. The lowest BCUT2D eigenvalue weighted by atomic mass is 10.1. The van der Waals surface area contributed by atoms with E-state index in [2.05, 4.69) is 10.3 Å². The lowest BCUT2D eigenvalue weighted by molar-refractivity contribution is 0.0784. The maximum absolute atomic E-state index is 13.1. The number of halogens is 1. The second-order valence-electron chi connectivity index (χ2n) is 6.55. The van der Waals surface area contributed by atoms with E-state index in [4.69, 9.17) is 21.1 Å². The lowest BCUT2D eigenvalue weighted by Crippen LogP contribution is -2.32. The number of aromatic nitrogens is 1. The van der Waals surface area contributed by atoms with Crippen LogP contribution in [-0.4, -0.2) is 49.1 Å². The highest BCUT2D eigenvalue weighted by Gasteiger charge is 2.30. The third-order valence-corrected chi connectivity index (χ3v) is 6.00. The van der Waals surface area contributed by atoms with Crippen molar-refractivity contribution in [2.45, 2.75) is 12.5 Å². The van der Waals surface area contributed by atoms with Crippen molar-refractivity contribution < 1.29 is 14.3 Å². The van der Waals surface area contributed by atoms with Crippen LogP contribution < -0.4 is 14.8 Å². The van der Waals surface area contributed by atoms with Crippen molar-refractivity contribution in [3.05, 3.63) is 47.0 Å². The zero-order valence-corrected chi connectivity index (χ0v) is 17.1. The monoisotopic (exact) mass is 417 g/mol. The first-order chi connectivity index (χ1) is 13.6. The molecule has 6 nitrogen and oxygen atoms in total. The van der Waals surface area contributed by atoms with Crippen LogP contribution in [0.15, 0.2) is 36.4 Å². The summed E-state index contributed by atoms with van der Waals surface area (Å²) in [5.41, 5.74) is 1.34. The van der Waals surface area contributed by atoms with Crippen LogP contribution >= 0.6 is 22.9 Å². The molecule has 2 aromatic carbocycles. The van der Waals surface area contributed by atoms with Gasteiger partial charge >= 0.3 is 0 Å². The summed E-state index contributed by atoms with van der Waals surface area (Å²) in [6, 6.07) is 11.2. The number of methoxy groups -OCH3 is 2. The van der Waals surface area contributed by atoms with E-state index in [1.165, 1.54) is 0 Å². The van der Waals surface area contributed by atoms with Crippen LogP contribution in [0.4, 0.5) is 5.13 Å². The average molecular weight is 418 g/mol. The minimum atomic E-state index is -0.0883. The van der Waals surface area contributed by atoms with E-state index in [0.717, 1.165) is 21.8 Å². The Morgan fingerprint density at radius 2 is 2.00 bits per heavy atom. The van der Waals surface area contributed by atoms with E-state index in [1.54, 1.807) is 37.7 Å². The normalized spacial score (nSPS) is 16.4. The number of benzene rings is 2. The maximum Gasteiger partial charge on any atom is 0.261 e. The summed E-state index contributed by atoms with van der Waals surface area (Å²) in [7, 11) is 3.11. The van der Waals surface area contributed by atoms with E-state index >= 15 is 0 Å². The van der Waals surface area contributed by atoms with Crippen molar-refractivity contribution in [3.63, 3.8) is 0 Å². The largest absolute Gasteiger partial charge is 0.496 e. The second kappa shape index (κ2) is 7.85. The van der Waals surface area contributed by atoms with Crippen molar-refractivity contribution >= 4 is 44.2 Å². The van der Waals surface area contributed by atoms with E-state index in [0.29, 0.717) is 35.2 Å². The molecule has 0 aliphatic carbocycles. The van der Waals surface area contributed by atoms with Crippen LogP contribution in [-0.2, 0) is 0 Å². The molecule has 1 aliphatic rings. The van der Waals surface area contributed by atoms with Gasteiger partial charge in [-0.25, -0.2) is 4.98 Å². The van der Waals surface area contributed by atoms with Gasteiger partial charge in [-0.15, -0.1) is 0 Å².